The van der Waals surface area contributed by atoms with Gasteiger partial charge in [0.2, 0.25) is 5.28 Å². The zero-order valence-corrected chi connectivity index (χ0v) is 9.64. The first kappa shape index (κ1) is 14.5. The van der Waals surface area contributed by atoms with Crippen molar-refractivity contribution in [2.75, 3.05) is 13.2 Å². The molecule has 0 unspecified atom stereocenters. The molecule has 0 fully saturated rings. The number of aliphatic hydroxyl groups excluding tert-OH is 1. The van der Waals surface area contributed by atoms with Crippen LogP contribution in [0.25, 0.3) is 0 Å². The molecule has 0 spiro atoms. The van der Waals surface area contributed by atoms with E-state index in [-0.39, 0.29) is 53.7 Å². The third-order valence-electron chi connectivity index (χ3n) is 1.22. The van der Waals surface area contributed by atoms with Crippen molar-refractivity contribution in [2.24, 2.45) is 5.28 Å². The van der Waals surface area contributed by atoms with Crippen molar-refractivity contribution in [3.63, 3.8) is 0 Å². The van der Waals surface area contributed by atoms with Crippen molar-refractivity contribution >= 4 is 29.6 Å². The summed E-state index contributed by atoms with van der Waals surface area (Å²) in [7, 11) is 0. The first-order chi connectivity index (χ1) is 5.13. The topological polar surface area (TPSA) is 82.1 Å². The van der Waals surface area contributed by atoms with Gasteiger partial charge in [-0.1, -0.05) is 0 Å². The monoisotopic (exact) mass is 186 g/mol. The zero-order valence-electron chi connectivity index (χ0n) is 7.64. The van der Waals surface area contributed by atoms with Crippen LogP contribution < -0.4 is 0 Å². The molecule has 2 N–H and O–H groups in total. The molecule has 6 nitrogen and oxygen atoms in total. The Hall–Kier alpha value is -0.0400. The maximum Gasteiger partial charge on any atom is 0.230 e. The molecule has 0 saturated carbocycles. The van der Waals surface area contributed by atoms with Crippen LogP contribution in [0.2, 0.25) is 0 Å². The van der Waals surface area contributed by atoms with E-state index in [1.54, 1.807) is 13.8 Å². The van der Waals surface area contributed by atoms with E-state index >= 15 is 0 Å². The smallest absolute Gasteiger partial charge is 0.230 e. The molecule has 12 heavy (non-hydrogen) atoms. The van der Waals surface area contributed by atoms with Crippen molar-refractivity contribution in [1.29, 1.82) is 0 Å². The molecule has 1 radical (unpaired) electrons. The van der Waals surface area contributed by atoms with Crippen molar-refractivity contribution < 1.29 is 15.3 Å². The number of rotatable bonds is 4. The van der Waals surface area contributed by atoms with Crippen molar-refractivity contribution in [3.05, 3.63) is 5.21 Å². The second-order valence-corrected chi connectivity index (χ2v) is 2.32. The fourth-order valence-corrected chi connectivity index (χ4v) is 0.695. The van der Waals surface area contributed by atoms with Crippen LogP contribution in [0.15, 0.2) is 5.28 Å². The van der Waals surface area contributed by atoms with Gasteiger partial charge in [-0.05, 0) is 13.8 Å². The molecule has 7 heteroatoms. The van der Waals surface area contributed by atoms with Gasteiger partial charge in [0.15, 0.2) is 0 Å². The fourth-order valence-electron chi connectivity index (χ4n) is 0.695. The van der Waals surface area contributed by atoms with Gasteiger partial charge in [0.25, 0.3) is 0 Å². The Morgan fingerprint density at radius 1 is 1.58 bits per heavy atom. The van der Waals surface area contributed by atoms with Crippen LogP contribution in [0.5, 0.6) is 0 Å². The summed E-state index contributed by atoms with van der Waals surface area (Å²) in [5.41, 5.74) is 0. The number of hydrogen-bond donors (Lipinski definition) is 2. The summed E-state index contributed by atoms with van der Waals surface area (Å²) in [6.07, 6.45) is 0. The van der Waals surface area contributed by atoms with Crippen LogP contribution in [-0.2, 0) is 0 Å². The van der Waals surface area contributed by atoms with E-state index in [0.29, 0.717) is 0 Å². The van der Waals surface area contributed by atoms with Crippen molar-refractivity contribution in [3.8, 4) is 0 Å². The van der Waals surface area contributed by atoms with E-state index in [4.69, 9.17) is 10.3 Å². The molecule has 0 aromatic carbocycles. The Kier molecular flexibility index (Phi) is 9.17. The van der Waals surface area contributed by atoms with Crippen LogP contribution >= 0.6 is 0 Å². The third-order valence-corrected chi connectivity index (χ3v) is 1.22. The minimum absolute atomic E-state index is 0. The maximum atomic E-state index is 10.7. The molecule has 0 aliphatic rings. The number of aliphatic hydroxyl groups is 1. The Labute approximate surface area is 93.3 Å². The summed E-state index contributed by atoms with van der Waals surface area (Å²) in [6, 6.07) is -0.101. The number of hydrazine groups is 1. The van der Waals surface area contributed by atoms with Crippen LogP contribution in [-0.4, -0.2) is 69.0 Å². The Balaban J connectivity index is 0. The minimum Gasteiger partial charge on any atom is -0.569 e. The van der Waals surface area contributed by atoms with E-state index in [2.05, 4.69) is 5.28 Å². The van der Waals surface area contributed by atoms with Crippen molar-refractivity contribution in [2.45, 2.75) is 19.9 Å². The molecule has 0 aliphatic carbocycles. The SMILES string of the molecule is CC(C)N(CCO)/[N+]([O-])=N/O.[Na]. The standard InChI is InChI=1S/C5H13N3O3.Na/c1-5(2)7(3-4-9)8(11)6-10;/h5,9-10H,3-4H2,1-2H3;/b8-6-;. The van der Waals surface area contributed by atoms with E-state index in [1.165, 1.54) is 5.01 Å². The largest absolute Gasteiger partial charge is 0.569 e. The van der Waals surface area contributed by atoms with Gasteiger partial charge >= 0.3 is 0 Å². The normalized spacial score (nSPS) is 11.2. The average molecular weight is 186 g/mol. The van der Waals surface area contributed by atoms with Gasteiger partial charge in [-0.25, -0.2) is 0 Å². The van der Waals surface area contributed by atoms with Gasteiger partial charge in [-0.3, -0.25) is 0 Å². The summed E-state index contributed by atoms with van der Waals surface area (Å²) in [6.45, 7) is 3.52. The van der Waals surface area contributed by atoms with Crippen LogP contribution in [0.1, 0.15) is 13.8 Å². The Bertz CT molecular complexity index is 142. The fraction of sp³-hybridized carbons (Fsp3) is 1.00. The maximum absolute atomic E-state index is 10.7. The summed E-state index contributed by atoms with van der Waals surface area (Å²) < 4.78 is 0. The van der Waals surface area contributed by atoms with Gasteiger partial charge in [0.1, 0.15) is 6.54 Å². The Morgan fingerprint density at radius 2 is 2.08 bits per heavy atom. The second-order valence-electron chi connectivity index (χ2n) is 2.32. The van der Waals surface area contributed by atoms with Gasteiger partial charge < -0.3 is 15.5 Å². The summed E-state index contributed by atoms with van der Waals surface area (Å²) in [5.74, 6) is 0. The van der Waals surface area contributed by atoms with E-state index in [9.17, 15) is 5.21 Å². The number of nitrogens with zero attached hydrogens (tertiary/aromatic N) is 3. The molecule has 0 amide bonds. The molecule has 0 rings (SSSR count). The molecular formula is C5H13N3NaO3. The second kappa shape index (κ2) is 7.60. The van der Waals surface area contributed by atoms with Gasteiger partial charge in [0, 0.05) is 29.6 Å². The van der Waals surface area contributed by atoms with E-state index < -0.39 is 0 Å². The van der Waals surface area contributed by atoms with Crippen LogP contribution in [0.4, 0.5) is 0 Å². The molecule has 0 heterocycles. The number of hydrogen-bond acceptors (Lipinski definition) is 3. The summed E-state index contributed by atoms with van der Waals surface area (Å²) >= 11 is 0. The third kappa shape index (κ3) is 4.76. The predicted molar refractivity (Wildman–Crippen MR) is 42.5 cm³/mol. The van der Waals surface area contributed by atoms with Gasteiger partial charge in [-0.2, -0.15) is 0 Å². The molecule has 0 aromatic heterocycles. The van der Waals surface area contributed by atoms with Gasteiger partial charge in [-0.15, -0.1) is 5.01 Å². The van der Waals surface area contributed by atoms with Gasteiger partial charge in [0.05, 0.1) is 17.6 Å². The molecule has 0 saturated heterocycles. The predicted octanol–water partition coefficient (Wildman–Crippen LogP) is -0.425. The molecule has 0 bridgehead atoms. The minimum atomic E-state index is -0.146. The first-order valence-corrected chi connectivity index (χ1v) is 3.33. The Morgan fingerprint density at radius 3 is 2.33 bits per heavy atom. The molecule has 0 aliphatic heterocycles. The molecule has 0 atom stereocenters. The average Bonchev–Trinajstić information content (AvgIpc) is 1.98. The molecule has 67 valence electrons. The molecule has 0 aromatic rings. The molecular weight excluding hydrogens is 173 g/mol. The summed E-state index contributed by atoms with van der Waals surface area (Å²) in [4.78, 5) is 0.0564. The van der Waals surface area contributed by atoms with Crippen molar-refractivity contribution in [1.82, 2.24) is 5.01 Å². The summed E-state index contributed by atoms with van der Waals surface area (Å²) in [5, 5.41) is 30.9. The van der Waals surface area contributed by atoms with E-state index in [0.717, 1.165) is 0 Å². The first-order valence-electron chi connectivity index (χ1n) is 3.33. The zero-order chi connectivity index (χ0) is 8.85. The van der Waals surface area contributed by atoms with E-state index in [1.807, 2.05) is 0 Å². The van der Waals surface area contributed by atoms with Crippen LogP contribution in [0.3, 0.4) is 0 Å². The quantitative estimate of drug-likeness (QED) is 0.270. The van der Waals surface area contributed by atoms with Crippen LogP contribution in [0, 0.1) is 5.21 Å².